The lowest BCUT2D eigenvalue weighted by Gasteiger charge is -2.35. The van der Waals surface area contributed by atoms with Crippen molar-refractivity contribution in [3.63, 3.8) is 0 Å². The van der Waals surface area contributed by atoms with Crippen LogP contribution in [0.5, 0.6) is 0 Å². The SMILES string of the molecule is CCN(C)C(=O)NC1CCCN(C(=O)OC(C)(C)C)C1. The fourth-order valence-corrected chi connectivity index (χ4v) is 2.02. The summed E-state index contributed by atoms with van der Waals surface area (Å²) in [5.74, 6) is 0. The Hall–Kier alpha value is -1.46. The van der Waals surface area contributed by atoms with E-state index >= 15 is 0 Å². The first-order chi connectivity index (χ1) is 9.23. The predicted molar refractivity (Wildman–Crippen MR) is 77.7 cm³/mol. The number of nitrogens with one attached hydrogen (secondary N) is 1. The molecule has 0 radical (unpaired) electrons. The van der Waals surface area contributed by atoms with Gasteiger partial charge in [-0.05, 0) is 40.5 Å². The van der Waals surface area contributed by atoms with E-state index < -0.39 is 5.60 Å². The van der Waals surface area contributed by atoms with Crippen LogP contribution in [0.15, 0.2) is 0 Å². The molecule has 0 aromatic heterocycles. The number of carbonyl (C=O) groups excluding carboxylic acids is 2. The van der Waals surface area contributed by atoms with E-state index in [0.29, 0.717) is 19.6 Å². The van der Waals surface area contributed by atoms with Crippen LogP contribution in [0, 0.1) is 0 Å². The largest absolute Gasteiger partial charge is 0.444 e. The highest BCUT2D eigenvalue weighted by Gasteiger charge is 2.28. The summed E-state index contributed by atoms with van der Waals surface area (Å²) >= 11 is 0. The van der Waals surface area contributed by atoms with Crippen LogP contribution in [-0.4, -0.2) is 60.2 Å². The van der Waals surface area contributed by atoms with Crippen molar-refractivity contribution in [3.05, 3.63) is 0 Å². The Balaban J connectivity index is 2.50. The molecule has 1 fully saturated rings. The van der Waals surface area contributed by atoms with E-state index in [1.165, 1.54) is 0 Å². The average Bonchev–Trinajstić information content (AvgIpc) is 2.36. The van der Waals surface area contributed by atoms with Gasteiger partial charge in [-0.25, -0.2) is 9.59 Å². The average molecular weight is 285 g/mol. The van der Waals surface area contributed by atoms with Gasteiger partial charge in [0.25, 0.3) is 0 Å². The van der Waals surface area contributed by atoms with Crippen LogP contribution in [0.3, 0.4) is 0 Å². The molecule has 0 aromatic rings. The van der Waals surface area contributed by atoms with Crippen molar-refractivity contribution in [2.75, 3.05) is 26.7 Å². The van der Waals surface area contributed by atoms with Crippen molar-refractivity contribution < 1.29 is 14.3 Å². The van der Waals surface area contributed by atoms with Gasteiger partial charge in [-0.15, -0.1) is 0 Å². The molecule has 1 unspecified atom stereocenters. The van der Waals surface area contributed by atoms with E-state index in [9.17, 15) is 9.59 Å². The third kappa shape index (κ3) is 5.27. The molecule has 116 valence electrons. The lowest BCUT2D eigenvalue weighted by atomic mass is 10.1. The van der Waals surface area contributed by atoms with Crippen LogP contribution >= 0.6 is 0 Å². The highest BCUT2D eigenvalue weighted by atomic mass is 16.6. The van der Waals surface area contributed by atoms with E-state index in [1.54, 1.807) is 16.8 Å². The molecule has 1 N–H and O–H groups in total. The Morgan fingerprint density at radius 1 is 1.40 bits per heavy atom. The number of urea groups is 1. The number of likely N-dealkylation sites (tertiary alicyclic amines) is 1. The third-order valence-corrected chi connectivity index (χ3v) is 3.22. The molecule has 1 rings (SSSR count). The van der Waals surface area contributed by atoms with Crippen molar-refractivity contribution in [1.29, 1.82) is 0 Å². The zero-order valence-electron chi connectivity index (χ0n) is 13.2. The molecule has 1 heterocycles. The zero-order chi connectivity index (χ0) is 15.3. The maximum absolute atomic E-state index is 12.0. The van der Waals surface area contributed by atoms with Gasteiger partial charge in [0, 0.05) is 32.7 Å². The van der Waals surface area contributed by atoms with Gasteiger partial charge in [0.1, 0.15) is 5.60 Å². The smallest absolute Gasteiger partial charge is 0.410 e. The Morgan fingerprint density at radius 2 is 2.05 bits per heavy atom. The normalized spacial score (nSPS) is 19.4. The number of piperidine rings is 1. The molecule has 1 aliphatic heterocycles. The summed E-state index contributed by atoms with van der Waals surface area (Å²) in [6, 6.07) is -0.0960. The number of hydrogen-bond donors (Lipinski definition) is 1. The molecule has 0 saturated carbocycles. The van der Waals surface area contributed by atoms with Gasteiger partial charge in [-0.2, -0.15) is 0 Å². The molecule has 1 atom stereocenters. The molecule has 0 spiro atoms. The quantitative estimate of drug-likeness (QED) is 0.844. The van der Waals surface area contributed by atoms with Gasteiger partial charge >= 0.3 is 12.1 Å². The van der Waals surface area contributed by atoms with Crippen LogP contribution in [-0.2, 0) is 4.74 Å². The molecule has 3 amide bonds. The van der Waals surface area contributed by atoms with Crippen molar-refractivity contribution >= 4 is 12.1 Å². The molecular formula is C14H27N3O3. The van der Waals surface area contributed by atoms with E-state index in [-0.39, 0.29) is 18.2 Å². The Labute approximate surface area is 121 Å². The second-order valence-corrected chi connectivity index (χ2v) is 6.23. The maximum atomic E-state index is 12.0. The fraction of sp³-hybridized carbons (Fsp3) is 0.857. The van der Waals surface area contributed by atoms with Gasteiger partial charge in [-0.1, -0.05) is 0 Å². The molecule has 0 aromatic carbocycles. The van der Waals surface area contributed by atoms with Crippen LogP contribution in [0.1, 0.15) is 40.5 Å². The summed E-state index contributed by atoms with van der Waals surface area (Å²) in [5.41, 5.74) is -0.490. The number of hydrogen-bond acceptors (Lipinski definition) is 3. The van der Waals surface area contributed by atoms with E-state index in [1.807, 2.05) is 27.7 Å². The van der Waals surface area contributed by atoms with Gasteiger partial charge < -0.3 is 19.9 Å². The van der Waals surface area contributed by atoms with Crippen LogP contribution in [0.4, 0.5) is 9.59 Å². The number of carbonyl (C=O) groups is 2. The minimum absolute atomic E-state index is 0.00207. The van der Waals surface area contributed by atoms with Gasteiger partial charge in [0.2, 0.25) is 0 Å². The standard InChI is InChI=1S/C14H27N3O3/c1-6-16(5)12(18)15-11-8-7-9-17(10-11)13(19)20-14(2,3)4/h11H,6-10H2,1-5H3,(H,15,18). The summed E-state index contributed by atoms with van der Waals surface area (Å²) < 4.78 is 5.36. The topological polar surface area (TPSA) is 61.9 Å². The van der Waals surface area contributed by atoms with E-state index in [0.717, 1.165) is 12.8 Å². The minimum atomic E-state index is -0.490. The second-order valence-electron chi connectivity index (χ2n) is 6.23. The summed E-state index contributed by atoms with van der Waals surface area (Å²) in [6.45, 7) is 9.34. The highest BCUT2D eigenvalue weighted by Crippen LogP contribution is 2.15. The number of ether oxygens (including phenoxy) is 1. The van der Waals surface area contributed by atoms with Crippen molar-refractivity contribution in [2.45, 2.75) is 52.2 Å². The molecule has 6 heteroatoms. The minimum Gasteiger partial charge on any atom is -0.444 e. The van der Waals surface area contributed by atoms with Gasteiger partial charge in [-0.3, -0.25) is 0 Å². The second kappa shape index (κ2) is 6.81. The number of amides is 3. The van der Waals surface area contributed by atoms with Crippen molar-refractivity contribution in [2.24, 2.45) is 0 Å². The predicted octanol–water partition coefficient (Wildman–Crippen LogP) is 2.05. The summed E-state index contributed by atoms with van der Waals surface area (Å²) in [5, 5.41) is 2.95. The first kappa shape index (κ1) is 16.6. The van der Waals surface area contributed by atoms with Crippen molar-refractivity contribution in [3.8, 4) is 0 Å². The zero-order valence-corrected chi connectivity index (χ0v) is 13.2. The molecule has 0 bridgehead atoms. The lowest BCUT2D eigenvalue weighted by Crippen LogP contribution is -2.52. The number of nitrogens with zero attached hydrogens (tertiary/aromatic N) is 2. The molecule has 6 nitrogen and oxygen atoms in total. The maximum Gasteiger partial charge on any atom is 0.410 e. The van der Waals surface area contributed by atoms with Crippen molar-refractivity contribution in [1.82, 2.24) is 15.1 Å². The van der Waals surface area contributed by atoms with Gasteiger partial charge in [0.05, 0.1) is 0 Å². The molecular weight excluding hydrogens is 258 g/mol. The molecule has 1 aliphatic rings. The first-order valence-electron chi connectivity index (χ1n) is 7.22. The molecule has 1 saturated heterocycles. The van der Waals surface area contributed by atoms with Crippen LogP contribution in [0.25, 0.3) is 0 Å². The molecule has 20 heavy (non-hydrogen) atoms. The summed E-state index contributed by atoms with van der Waals surface area (Å²) in [7, 11) is 1.75. The lowest BCUT2D eigenvalue weighted by molar-refractivity contribution is 0.0189. The summed E-state index contributed by atoms with van der Waals surface area (Å²) in [6.07, 6.45) is 1.46. The van der Waals surface area contributed by atoms with E-state index in [2.05, 4.69) is 5.32 Å². The van der Waals surface area contributed by atoms with E-state index in [4.69, 9.17) is 4.74 Å². The Morgan fingerprint density at radius 3 is 2.60 bits per heavy atom. The summed E-state index contributed by atoms with van der Waals surface area (Å²) in [4.78, 5) is 27.1. The monoisotopic (exact) mass is 285 g/mol. The fourth-order valence-electron chi connectivity index (χ4n) is 2.02. The molecule has 0 aliphatic carbocycles. The Kier molecular flexibility index (Phi) is 5.65. The first-order valence-corrected chi connectivity index (χ1v) is 7.22. The van der Waals surface area contributed by atoms with Crippen LogP contribution < -0.4 is 5.32 Å². The highest BCUT2D eigenvalue weighted by molar-refractivity contribution is 5.74. The number of rotatable bonds is 2. The third-order valence-electron chi connectivity index (χ3n) is 3.22. The van der Waals surface area contributed by atoms with Crippen LogP contribution in [0.2, 0.25) is 0 Å². The van der Waals surface area contributed by atoms with Gasteiger partial charge in [0.15, 0.2) is 0 Å². The Bertz CT molecular complexity index is 352.